The van der Waals surface area contributed by atoms with Crippen molar-refractivity contribution in [3.05, 3.63) is 59.7 Å². The molecule has 0 aliphatic carbocycles. The maximum Gasteiger partial charge on any atom is 0.193 e. The summed E-state index contributed by atoms with van der Waals surface area (Å²) in [5, 5.41) is 0. The molecule has 18 heavy (non-hydrogen) atoms. The molecule has 0 radical (unpaired) electrons. The summed E-state index contributed by atoms with van der Waals surface area (Å²) < 4.78 is 5.39. The molecule has 3 heteroatoms. The molecule has 0 bridgehead atoms. The van der Waals surface area contributed by atoms with Crippen molar-refractivity contribution in [1.82, 2.24) is 0 Å². The summed E-state index contributed by atoms with van der Waals surface area (Å²) in [5.41, 5.74) is 7.56. The molecule has 0 aromatic heterocycles. The lowest BCUT2D eigenvalue weighted by molar-refractivity contribution is 0.103. The van der Waals surface area contributed by atoms with Crippen LogP contribution in [0.5, 0.6) is 5.75 Å². The van der Waals surface area contributed by atoms with E-state index in [9.17, 15) is 4.79 Å². The Hall–Kier alpha value is -2.29. The van der Waals surface area contributed by atoms with Crippen molar-refractivity contribution < 1.29 is 9.53 Å². The van der Waals surface area contributed by atoms with Crippen molar-refractivity contribution in [3.63, 3.8) is 0 Å². The first-order valence-electron chi connectivity index (χ1n) is 5.84. The third kappa shape index (κ3) is 2.51. The first-order chi connectivity index (χ1) is 8.72. The van der Waals surface area contributed by atoms with Crippen molar-refractivity contribution in [3.8, 4) is 5.75 Å². The number of benzene rings is 2. The molecule has 2 N–H and O–H groups in total. The molecule has 92 valence electrons. The van der Waals surface area contributed by atoms with E-state index in [1.165, 1.54) is 0 Å². The van der Waals surface area contributed by atoms with Gasteiger partial charge in [0.05, 0.1) is 12.3 Å². The van der Waals surface area contributed by atoms with E-state index in [0.29, 0.717) is 29.2 Å². The van der Waals surface area contributed by atoms with Gasteiger partial charge in [-0.3, -0.25) is 4.79 Å². The smallest absolute Gasteiger partial charge is 0.193 e. The van der Waals surface area contributed by atoms with Crippen molar-refractivity contribution in [2.75, 3.05) is 12.3 Å². The number of hydrogen-bond acceptors (Lipinski definition) is 3. The average Bonchev–Trinajstić information content (AvgIpc) is 2.42. The molecule has 0 aliphatic rings. The number of carbonyl (C=O) groups excluding carboxylic acids is 1. The maximum absolute atomic E-state index is 12.2. The average molecular weight is 241 g/mol. The molecule has 0 aliphatic heterocycles. The Morgan fingerprint density at radius 2 is 1.83 bits per heavy atom. The quantitative estimate of drug-likeness (QED) is 0.661. The zero-order valence-corrected chi connectivity index (χ0v) is 10.2. The predicted molar refractivity (Wildman–Crippen MR) is 71.9 cm³/mol. The molecule has 0 atom stereocenters. The van der Waals surface area contributed by atoms with E-state index in [4.69, 9.17) is 10.5 Å². The summed E-state index contributed by atoms with van der Waals surface area (Å²) in [6.07, 6.45) is 0. The van der Waals surface area contributed by atoms with E-state index in [1.807, 2.05) is 25.1 Å². The fourth-order valence-corrected chi connectivity index (χ4v) is 1.71. The minimum atomic E-state index is -0.0310. The summed E-state index contributed by atoms with van der Waals surface area (Å²) in [6, 6.07) is 14.2. The van der Waals surface area contributed by atoms with Gasteiger partial charge in [-0.15, -0.1) is 0 Å². The zero-order chi connectivity index (χ0) is 13.0. The van der Waals surface area contributed by atoms with Crippen LogP contribution >= 0.6 is 0 Å². The van der Waals surface area contributed by atoms with Gasteiger partial charge in [-0.05, 0) is 25.1 Å². The number of ether oxygens (including phenoxy) is 1. The summed E-state index contributed by atoms with van der Waals surface area (Å²) in [6.45, 7) is 2.40. The van der Waals surface area contributed by atoms with Crippen LogP contribution in [0.4, 0.5) is 5.69 Å². The normalized spacial score (nSPS) is 10.1. The van der Waals surface area contributed by atoms with Gasteiger partial charge >= 0.3 is 0 Å². The molecule has 2 aromatic carbocycles. The maximum atomic E-state index is 12.2. The van der Waals surface area contributed by atoms with Gasteiger partial charge in [0.15, 0.2) is 5.78 Å². The third-order valence-electron chi connectivity index (χ3n) is 2.61. The number of rotatable bonds is 4. The molecule has 2 rings (SSSR count). The highest BCUT2D eigenvalue weighted by atomic mass is 16.5. The number of ketones is 1. The fourth-order valence-electron chi connectivity index (χ4n) is 1.71. The van der Waals surface area contributed by atoms with E-state index >= 15 is 0 Å². The van der Waals surface area contributed by atoms with Gasteiger partial charge in [-0.2, -0.15) is 0 Å². The monoisotopic (exact) mass is 241 g/mol. The number of nitrogens with two attached hydrogens (primary N) is 1. The Labute approximate surface area is 106 Å². The van der Waals surface area contributed by atoms with Crippen LogP contribution in [0.25, 0.3) is 0 Å². The van der Waals surface area contributed by atoms with Gasteiger partial charge < -0.3 is 10.5 Å². The van der Waals surface area contributed by atoms with E-state index in [1.54, 1.807) is 30.3 Å². The lowest BCUT2D eigenvalue weighted by Gasteiger charge is -2.08. The Balaban J connectivity index is 2.34. The summed E-state index contributed by atoms with van der Waals surface area (Å²) in [5.74, 6) is 0.524. The van der Waals surface area contributed by atoms with Crippen LogP contribution in [-0.2, 0) is 0 Å². The second-order valence-electron chi connectivity index (χ2n) is 3.88. The second kappa shape index (κ2) is 5.36. The van der Waals surface area contributed by atoms with Gasteiger partial charge in [-0.1, -0.05) is 30.3 Å². The minimum Gasteiger partial charge on any atom is -0.492 e. The SMILES string of the molecule is CCOc1cc(C(=O)c2ccccc2)ccc1N. The van der Waals surface area contributed by atoms with Crippen molar-refractivity contribution >= 4 is 11.5 Å². The lowest BCUT2D eigenvalue weighted by Crippen LogP contribution is -2.03. The molecule has 0 unspecified atom stereocenters. The van der Waals surface area contributed by atoms with Crippen LogP contribution in [-0.4, -0.2) is 12.4 Å². The van der Waals surface area contributed by atoms with Crippen LogP contribution in [0, 0.1) is 0 Å². The van der Waals surface area contributed by atoms with Crippen molar-refractivity contribution in [2.45, 2.75) is 6.92 Å². The summed E-state index contributed by atoms with van der Waals surface area (Å²) in [4.78, 5) is 12.2. The molecule has 0 fully saturated rings. The van der Waals surface area contributed by atoms with Crippen molar-refractivity contribution in [2.24, 2.45) is 0 Å². The highest BCUT2D eigenvalue weighted by molar-refractivity contribution is 6.09. The molecule has 0 spiro atoms. The molecule has 0 amide bonds. The number of anilines is 1. The Morgan fingerprint density at radius 3 is 2.50 bits per heavy atom. The standard InChI is InChI=1S/C15H15NO2/c1-2-18-14-10-12(8-9-13(14)16)15(17)11-6-4-3-5-7-11/h3-10H,2,16H2,1H3. The first-order valence-corrected chi connectivity index (χ1v) is 5.84. The van der Waals surface area contributed by atoms with E-state index in [0.717, 1.165) is 0 Å². The van der Waals surface area contributed by atoms with E-state index < -0.39 is 0 Å². The molecule has 3 nitrogen and oxygen atoms in total. The lowest BCUT2D eigenvalue weighted by atomic mass is 10.0. The highest BCUT2D eigenvalue weighted by Crippen LogP contribution is 2.24. The minimum absolute atomic E-state index is 0.0310. The topological polar surface area (TPSA) is 52.3 Å². The first kappa shape index (κ1) is 12.2. The van der Waals surface area contributed by atoms with Crippen LogP contribution in [0.15, 0.2) is 48.5 Å². The Morgan fingerprint density at radius 1 is 1.11 bits per heavy atom. The Kier molecular flexibility index (Phi) is 3.63. The molecule has 0 saturated heterocycles. The van der Waals surface area contributed by atoms with E-state index in [2.05, 4.69) is 0 Å². The van der Waals surface area contributed by atoms with E-state index in [-0.39, 0.29) is 5.78 Å². The van der Waals surface area contributed by atoms with Gasteiger partial charge in [0, 0.05) is 11.1 Å². The molecular weight excluding hydrogens is 226 g/mol. The number of hydrogen-bond donors (Lipinski definition) is 1. The van der Waals surface area contributed by atoms with Crippen LogP contribution in [0.3, 0.4) is 0 Å². The fraction of sp³-hybridized carbons (Fsp3) is 0.133. The zero-order valence-electron chi connectivity index (χ0n) is 10.2. The van der Waals surface area contributed by atoms with Crippen LogP contribution < -0.4 is 10.5 Å². The molecule has 0 heterocycles. The summed E-state index contributed by atoms with van der Waals surface area (Å²) >= 11 is 0. The second-order valence-corrected chi connectivity index (χ2v) is 3.88. The largest absolute Gasteiger partial charge is 0.492 e. The van der Waals surface area contributed by atoms with Crippen LogP contribution in [0.1, 0.15) is 22.8 Å². The number of nitrogen functional groups attached to an aromatic ring is 1. The highest BCUT2D eigenvalue weighted by Gasteiger charge is 2.10. The summed E-state index contributed by atoms with van der Waals surface area (Å²) in [7, 11) is 0. The van der Waals surface area contributed by atoms with Crippen LogP contribution in [0.2, 0.25) is 0 Å². The molecule has 0 saturated carbocycles. The van der Waals surface area contributed by atoms with Gasteiger partial charge in [-0.25, -0.2) is 0 Å². The number of carbonyl (C=O) groups is 1. The van der Waals surface area contributed by atoms with Gasteiger partial charge in [0.1, 0.15) is 5.75 Å². The van der Waals surface area contributed by atoms with Crippen molar-refractivity contribution in [1.29, 1.82) is 0 Å². The van der Waals surface area contributed by atoms with Gasteiger partial charge in [0.2, 0.25) is 0 Å². The third-order valence-corrected chi connectivity index (χ3v) is 2.61. The molecule has 2 aromatic rings. The molecular formula is C15H15NO2. The van der Waals surface area contributed by atoms with Gasteiger partial charge in [0.25, 0.3) is 0 Å². The predicted octanol–water partition coefficient (Wildman–Crippen LogP) is 2.90. The Bertz CT molecular complexity index is 550.